The Hall–Kier alpha value is -4.56. The summed E-state index contributed by atoms with van der Waals surface area (Å²) in [4.78, 5) is 28.4. The molecule has 2 amide bonds. The molecule has 0 aromatic heterocycles. The Morgan fingerprint density at radius 2 is 1.16 bits per heavy atom. The average Bonchev–Trinajstić information content (AvgIpc) is 3.55. The number of para-hydroxylation sites is 2. The molecule has 228 valence electrons. The largest absolute Gasteiger partial charge is 0.491 e. The molecular weight excluding hydrogens is 624 g/mol. The zero-order valence-electron chi connectivity index (χ0n) is 23.0. The number of carbonyl (C=O) groups excluding carboxylic acids is 2. The van der Waals surface area contributed by atoms with Crippen molar-refractivity contribution in [2.75, 3.05) is 35.8 Å². The van der Waals surface area contributed by atoms with E-state index in [1.807, 2.05) is 24.3 Å². The summed E-state index contributed by atoms with van der Waals surface area (Å²) in [5.41, 5.74) is 0.606. The minimum absolute atomic E-state index is 0.0165. The molecule has 2 heterocycles. The van der Waals surface area contributed by atoms with Crippen LogP contribution in [0.5, 0.6) is 11.5 Å². The van der Waals surface area contributed by atoms with E-state index in [1.165, 1.54) is 42.0 Å². The van der Waals surface area contributed by atoms with E-state index in [1.54, 1.807) is 6.07 Å². The molecule has 0 unspecified atom stereocenters. The summed E-state index contributed by atoms with van der Waals surface area (Å²) in [7, 11) is -1.37. The van der Waals surface area contributed by atoms with Crippen LogP contribution in [0.25, 0.3) is 0 Å². The van der Waals surface area contributed by atoms with Gasteiger partial charge in [-0.15, -0.1) is 11.8 Å². The maximum absolute atomic E-state index is 13.8. The fraction of sp³-hybridized carbons (Fsp3) is 0.133. The molecule has 2 aliphatic heterocycles. The molecule has 0 bridgehead atoms. The third kappa shape index (κ3) is 5.69. The number of carbonyl (C=O) groups is 2. The van der Waals surface area contributed by atoms with Crippen LogP contribution in [0, 0.1) is 23.3 Å². The molecular formula is C30H22F4N2O6S2. The van der Waals surface area contributed by atoms with Crippen LogP contribution in [0.3, 0.4) is 0 Å². The van der Waals surface area contributed by atoms with Crippen molar-refractivity contribution in [1.29, 1.82) is 0 Å². The molecule has 8 nitrogen and oxygen atoms in total. The minimum atomic E-state index is -3.65. The SMILES string of the molecule is COc1c(F)cc(C(=O)N2CS(=O)(=O)c3ccccc32)cc1F.COc1c(F)cc(C(=O)N2CSc3ccccc32)cc1F. The highest BCUT2D eigenvalue weighted by atomic mass is 32.2. The molecule has 0 saturated heterocycles. The topological polar surface area (TPSA) is 93.2 Å². The highest BCUT2D eigenvalue weighted by Gasteiger charge is 2.36. The number of amides is 2. The number of rotatable bonds is 4. The van der Waals surface area contributed by atoms with E-state index in [4.69, 9.17) is 0 Å². The predicted octanol–water partition coefficient (Wildman–Crippen LogP) is 6.05. The molecule has 44 heavy (non-hydrogen) atoms. The number of sulfone groups is 1. The van der Waals surface area contributed by atoms with Crippen LogP contribution in [0.2, 0.25) is 0 Å². The fourth-order valence-electron chi connectivity index (χ4n) is 4.66. The van der Waals surface area contributed by atoms with E-state index in [0.717, 1.165) is 46.9 Å². The third-order valence-corrected chi connectivity index (χ3v) is 9.34. The summed E-state index contributed by atoms with van der Waals surface area (Å²) in [5, 5.41) is 0. The Morgan fingerprint density at radius 3 is 1.68 bits per heavy atom. The van der Waals surface area contributed by atoms with Gasteiger partial charge in [-0.25, -0.2) is 26.0 Å². The van der Waals surface area contributed by atoms with E-state index in [2.05, 4.69) is 9.47 Å². The number of halogens is 4. The van der Waals surface area contributed by atoms with Crippen molar-refractivity contribution in [3.63, 3.8) is 0 Å². The van der Waals surface area contributed by atoms with Crippen LogP contribution in [0.15, 0.2) is 82.6 Å². The lowest BCUT2D eigenvalue weighted by atomic mass is 10.1. The lowest BCUT2D eigenvalue weighted by Gasteiger charge is -2.17. The second kappa shape index (κ2) is 12.2. The first-order valence-corrected chi connectivity index (χ1v) is 15.3. The number of ether oxygens (including phenoxy) is 2. The summed E-state index contributed by atoms with van der Waals surface area (Å²) < 4.78 is 88.2. The van der Waals surface area contributed by atoms with Crippen molar-refractivity contribution in [2.45, 2.75) is 9.79 Å². The first kappa shape index (κ1) is 30.9. The molecule has 2 aliphatic rings. The number of hydrogen-bond donors (Lipinski definition) is 0. The number of methoxy groups -OCH3 is 2. The van der Waals surface area contributed by atoms with Gasteiger partial charge in [-0.2, -0.15) is 0 Å². The highest BCUT2D eigenvalue weighted by Crippen LogP contribution is 2.39. The Bertz CT molecular complexity index is 1860. The van der Waals surface area contributed by atoms with Gasteiger partial charge in [0.05, 0.1) is 36.4 Å². The zero-order valence-corrected chi connectivity index (χ0v) is 24.6. The van der Waals surface area contributed by atoms with Crippen LogP contribution < -0.4 is 19.3 Å². The van der Waals surface area contributed by atoms with Crippen LogP contribution in [-0.4, -0.2) is 46.2 Å². The second-order valence-corrected chi connectivity index (χ2v) is 12.3. The fourth-order valence-corrected chi connectivity index (χ4v) is 7.21. The van der Waals surface area contributed by atoms with Gasteiger partial charge >= 0.3 is 0 Å². The highest BCUT2D eigenvalue weighted by molar-refractivity contribution is 8.00. The maximum atomic E-state index is 13.8. The molecule has 14 heteroatoms. The lowest BCUT2D eigenvalue weighted by Crippen LogP contribution is -2.30. The normalized spacial score (nSPS) is 14.3. The van der Waals surface area contributed by atoms with Crippen LogP contribution >= 0.6 is 11.8 Å². The number of anilines is 2. The smallest absolute Gasteiger partial charge is 0.259 e. The van der Waals surface area contributed by atoms with Gasteiger partial charge in [0.1, 0.15) is 5.88 Å². The molecule has 0 spiro atoms. The summed E-state index contributed by atoms with van der Waals surface area (Å²) in [6, 6.07) is 17.0. The molecule has 4 aromatic rings. The molecule has 0 N–H and O–H groups in total. The van der Waals surface area contributed by atoms with Crippen LogP contribution in [0.4, 0.5) is 28.9 Å². The van der Waals surface area contributed by atoms with Gasteiger partial charge in [0.25, 0.3) is 11.8 Å². The maximum Gasteiger partial charge on any atom is 0.259 e. The van der Waals surface area contributed by atoms with E-state index in [-0.39, 0.29) is 21.7 Å². The van der Waals surface area contributed by atoms with Crippen LogP contribution in [-0.2, 0) is 9.84 Å². The van der Waals surface area contributed by atoms with E-state index >= 15 is 0 Å². The molecule has 0 fully saturated rings. The second-order valence-electron chi connectivity index (χ2n) is 9.37. The number of nitrogens with zero attached hydrogens (tertiary/aromatic N) is 2. The van der Waals surface area contributed by atoms with Gasteiger partial charge in [0.2, 0.25) is 0 Å². The summed E-state index contributed by atoms with van der Waals surface area (Å²) in [6.07, 6.45) is 0. The van der Waals surface area contributed by atoms with Crippen molar-refractivity contribution in [2.24, 2.45) is 0 Å². The zero-order chi connectivity index (χ0) is 31.8. The first-order chi connectivity index (χ1) is 21.0. The first-order valence-electron chi connectivity index (χ1n) is 12.7. The quantitative estimate of drug-likeness (QED) is 0.250. The van der Waals surface area contributed by atoms with Gasteiger partial charge in [-0.1, -0.05) is 24.3 Å². The van der Waals surface area contributed by atoms with Crippen molar-refractivity contribution in [3.8, 4) is 11.5 Å². The van der Waals surface area contributed by atoms with Crippen LogP contribution in [0.1, 0.15) is 20.7 Å². The van der Waals surface area contributed by atoms with Gasteiger partial charge in [-0.05, 0) is 48.5 Å². The molecule has 0 aliphatic carbocycles. The Morgan fingerprint density at radius 1 is 0.705 bits per heavy atom. The third-order valence-electron chi connectivity index (χ3n) is 6.68. The molecule has 0 atom stereocenters. The van der Waals surface area contributed by atoms with Crippen molar-refractivity contribution in [1.82, 2.24) is 0 Å². The van der Waals surface area contributed by atoms with Gasteiger partial charge in [-0.3, -0.25) is 19.4 Å². The molecule has 4 aromatic carbocycles. The number of hydrogen-bond acceptors (Lipinski definition) is 7. The number of fused-ring (bicyclic) bond motifs is 2. The molecule has 0 saturated carbocycles. The summed E-state index contributed by atoms with van der Waals surface area (Å²) in [5.74, 6) is -6.32. The van der Waals surface area contributed by atoms with Gasteiger partial charge in [0.15, 0.2) is 44.6 Å². The number of benzene rings is 4. The monoisotopic (exact) mass is 646 g/mol. The summed E-state index contributed by atoms with van der Waals surface area (Å²) >= 11 is 1.51. The van der Waals surface area contributed by atoms with E-state index in [0.29, 0.717) is 5.88 Å². The van der Waals surface area contributed by atoms with Crippen molar-refractivity contribution in [3.05, 3.63) is 107 Å². The van der Waals surface area contributed by atoms with Gasteiger partial charge < -0.3 is 9.47 Å². The summed E-state index contributed by atoms with van der Waals surface area (Å²) in [6.45, 7) is 0. The molecule has 0 radical (unpaired) electrons. The van der Waals surface area contributed by atoms with Crippen molar-refractivity contribution >= 4 is 44.8 Å². The molecule has 6 rings (SSSR count). The Kier molecular flexibility index (Phi) is 8.57. The van der Waals surface area contributed by atoms with Crippen molar-refractivity contribution < 1.29 is 45.0 Å². The standard InChI is InChI=1S/C15H11F2NO4S.C15H11F2NO2S/c1-22-14-10(16)6-9(7-11(14)17)15(19)18-8-23(20,21)13-5-3-2-4-12(13)18;1-20-14-10(16)6-9(7-11(14)17)15(19)18-8-21-13-5-3-2-4-12(13)18/h2-7H,8H2,1H3;2-7H,8H2,1H3. The minimum Gasteiger partial charge on any atom is -0.491 e. The Labute approximate surface area is 253 Å². The predicted molar refractivity (Wildman–Crippen MR) is 155 cm³/mol. The van der Waals surface area contributed by atoms with E-state index in [9.17, 15) is 35.6 Å². The average molecular weight is 647 g/mol. The Balaban J connectivity index is 0.000000175. The van der Waals surface area contributed by atoms with E-state index < -0.39 is 62.3 Å². The number of thioether (sulfide) groups is 1. The lowest BCUT2D eigenvalue weighted by molar-refractivity contribution is 0.0983. The van der Waals surface area contributed by atoms with Gasteiger partial charge in [0, 0.05) is 16.0 Å².